The van der Waals surface area contributed by atoms with Gasteiger partial charge in [-0.1, -0.05) is 136 Å². The van der Waals surface area contributed by atoms with Gasteiger partial charge in [0.1, 0.15) is 19.0 Å². The summed E-state index contributed by atoms with van der Waals surface area (Å²) in [5.74, 6) is 2.42. The Bertz CT molecular complexity index is 1220. The zero-order valence-electron chi connectivity index (χ0n) is 29.6. The van der Waals surface area contributed by atoms with Crippen molar-refractivity contribution in [3.8, 4) is 0 Å². The second-order valence-corrected chi connectivity index (χ2v) is 14.3. The number of hydrogen-bond donors (Lipinski definition) is 0. The van der Waals surface area contributed by atoms with Crippen molar-refractivity contribution in [3.63, 3.8) is 0 Å². The molecule has 1 heterocycles. The highest BCUT2D eigenvalue weighted by Gasteiger charge is 2.28. The molecule has 0 radical (unpaired) electrons. The largest absolute Gasteiger partial charge is 0.490 e. The second-order valence-electron chi connectivity index (χ2n) is 14.3. The molecule has 242 valence electrons. The minimum Gasteiger partial charge on any atom is -0.490 e. The highest BCUT2D eigenvalue weighted by atomic mass is 16.6. The molecule has 1 aliphatic heterocycles. The Hall–Kier alpha value is -3.00. The molecule has 0 N–H and O–H groups in total. The molecule has 0 bridgehead atoms. The van der Waals surface area contributed by atoms with Crippen molar-refractivity contribution in [2.45, 2.75) is 114 Å². The van der Waals surface area contributed by atoms with Crippen LogP contribution in [0.4, 0.5) is 0 Å². The van der Waals surface area contributed by atoms with Crippen LogP contribution < -0.4 is 0 Å². The second kappa shape index (κ2) is 18.7. The van der Waals surface area contributed by atoms with Gasteiger partial charge in [0.25, 0.3) is 0 Å². The predicted octanol–water partition coefficient (Wildman–Crippen LogP) is 12.6. The van der Waals surface area contributed by atoms with Gasteiger partial charge in [-0.15, -0.1) is 0 Å². The molecule has 2 nitrogen and oxygen atoms in total. The topological polar surface area (TPSA) is 18.5 Å². The monoisotopic (exact) mass is 598 g/mol. The fourth-order valence-corrected chi connectivity index (χ4v) is 6.01. The van der Waals surface area contributed by atoms with Gasteiger partial charge in [0, 0.05) is 6.42 Å². The van der Waals surface area contributed by atoms with E-state index in [4.69, 9.17) is 9.47 Å². The number of allylic oxidation sites excluding steroid dienone is 18. The first kappa shape index (κ1) is 37.2. The van der Waals surface area contributed by atoms with E-state index in [-0.39, 0.29) is 5.41 Å². The minimum absolute atomic E-state index is 0.0468. The van der Waals surface area contributed by atoms with Gasteiger partial charge in [-0.3, -0.25) is 0 Å². The Morgan fingerprint density at radius 1 is 0.909 bits per heavy atom. The lowest BCUT2D eigenvalue weighted by atomic mass is 9.70. The van der Waals surface area contributed by atoms with Crippen molar-refractivity contribution < 1.29 is 9.47 Å². The fourth-order valence-electron chi connectivity index (χ4n) is 6.01. The highest BCUT2D eigenvalue weighted by Crippen LogP contribution is 2.43. The molecule has 44 heavy (non-hydrogen) atoms. The van der Waals surface area contributed by atoms with E-state index in [0.29, 0.717) is 18.6 Å². The molecule has 1 atom stereocenters. The van der Waals surface area contributed by atoms with Crippen molar-refractivity contribution in [1.29, 1.82) is 0 Å². The summed E-state index contributed by atoms with van der Waals surface area (Å²) >= 11 is 0. The molecule has 0 saturated carbocycles. The maximum Gasteiger partial charge on any atom is 0.156 e. The van der Waals surface area contributed by atoms with E-state index in [1.807, 2.05) is 0 Å². The molecule has 2 rings (SSSR count). The Morgan fingerprint density at radius 2 is 1.55 bits per heavy atom. The predicted molar refractivity (Wildman–Crippen MR) is 193 cm³/mol. The van der Waals surface area contributed by atoms with Crippen LogP contribution in [0.3, 0.4) is 0 Å². The van der Waals surface area contributed by atoms with Crippen molar-refractivity contribution in [1.82, 2.24) is 0 Å². The molecule has 0 amide bonds. The molecule has 2 aliphatic rings. The van der Waals surface area contributed by atoms with E-state index in [2.05, 4.69) is 136 Å². The molecule has 1 unspecified atom stereocenters. The summed E-state index contributed by atoms with van der Waals surface area (Å²) in [5, 5.41) is 0. The SMILES string of the molecule is C=CC1=C(CC(C)(C)C=CC=C(C)C=CC=C(C)C=CC=CC(C)=CCCC(C)CCC2=C(C)CCCC2(C)C)OCCO1. The van der Waals surface area contributed by atoms with Crippen LogP contribution in [-0.2, 0) is 9.47 Å². The molecule has 0 aromatic rings. The van der Waals surface area contributed by atoms with E-state index in [1.165, 1.54) is 55.2 Å². The molecule has 0 saturated heterocycles. The van der Waals surface area contributed by atoms with Crippen LogP contribution in [0.1, 0.15) is 114 Å². The minimum atomic E-state index is -0.0468. The number of ether oxygens (including phenoxy) is 2. The third-order valence-corrected chi connectivity index (χ3v) is 8.85. The van der Waals surface area contributed by atoms with Crippen LogP contribution >= 0.6 is 0 Å². The van der Waals surface area contributed by atoms with Gasteiger partial charge in [-0.2, -0.15) is 0 Å². The Kier molecular flexibility index (Phi) is 15.8. The third-order valence-electron chi connectivity index (χ3n) is 8.85. The average molecular weight is 599 g/mol. The van der Waals surface area contributed by atoms with Gasteiger partial charge in [-0.05, 0) is 95.5 Å². The summed E-state index contributed by atoms with van der Waals surface area (Å²) in [6.45, 7) is 25.6. The highest BCUT2D eigenvalue weighted by molar-refractivity contribution is 5.31. The zero-order valence-corrected chi connectivity index (χ0v) is 29.6. The van der Waals surface area contributed by atoms with Crippen LogP contribution in [0.2, 0.25) is 0 Å². The quantitative estimate of drug-likeness (QED) is 0.130. The maximum absolute atomic E-state index is 5.82. The molecule has 2 heteroatoms. The van der Waals surface area contributed by atoms with E-state index in [0.717, 1.165) is 30.3 Å². The van der Waals surface area contributed by atoms with Gasteiger partial charge in [0.15, 0.2) is 5.76 Å². The Morgan fingerprint density at radius 3 is 2.23 bits per heavy atom. The van der Waals surface area contributed by atoms with Crippen LogP contribution in [0.5, 0.6) is 0 Å². The summed E-state index contributed by atoms with van der Waals surface area (Å²) in [6, 6.07) is 0. The molecule has 0 aromatic heterocycles. The molecule has 0 aromatic carbocycles. The van der Waals surface area contributed by atoms with Crippen molar-refractivity contribution in [3.05, 3.63) is 119 Å². The van der Waals surface area contributed by atoms with E-state index in [1.54, 1.807) is 17.2 Å². The Labute approximate surface area is 271 Å². The summed E-state index contributed by atoms with van der Waals surface area (Å²) in [7, 11) is 0. The number of rotatable bonds is 16. The first-order valence-corrected chi connectivity index (χ1v) is 16.9. The smallest absolute Gasteiger partial charge is 0.156 e. The van der Waals surface area contributed by atoms with Crippen LogP contribution in [0, 0.1) is 16.7 Å². The van der Waals surface area contributed by atoms with Crippen molar-refractivity contribution >= 4 is 0 Å². The van der Waals surface area contributed by atoms with E-state index in [9.17, 15) is 0 Å². The lowest BCUT2D eigenvalue weighted by Crippen LogP contribution is -2.20. The molecule has 0 fully saturated rings. The number of hydrogen-bond acceptors (Lipinski definition) is 2. The summed E-state index contributed by atoms with van der Waals surface area (Å²) in [5.41, 5.74) is 7.53. The van der Waals surface area contributed by atoms with Crippen molar-refractivity contribution in [2.75, 3.05) is 13.2 Å². The van der Waals surface area contributed by atoms with Gasteiger partial charge in [-0.25, -0.2) is 0 Å². The normalized spacial score (nSPS) is 19.9. The van der Waals surface area contributed by atoms with Crippen LogP contribution in [-0.4, -0.2) is 13.2 Å². The van der Waals surface area contributed by atoms with Gasteiger partial charge < -0.3 is 9.47 Å². The summed E-state index contributed by atoms with van der Waals surface area (Å²) in [4.78, 5) is 0. The van der Waals surface area contributed by atoms with E-state index < -0.39 is 0 Å². The van der Waals surface area contributed by atoms with Gasteiger partial charge in [0.2, 0.25) is 0 Å². The molecular weight excluding hydrogens is 536 g/mol. The lowest BCUT2D eigenvalue weighted by Gasteiger charge is -2.35. The van der Waals surface area contributed by atoms with Gasteiger partial charge >= 0.3 is 0 Å². The summed E-state index contributed by atoms with van der Waals surface area (Å²) in [6.07, 6.45) is 35.5. The Balaban J connectivity index is 1.75. The van der Waals surface area contributed by atoms with Crippen LogP contribution in [0.25, 0.3) is 0 Å². The van der Waals surface area contributed by atoms with Crippen LogP contribution in [0.15, 0.2) is 119 Å². The standard InChI is InChI=1S/C42H62O2/c1-11-39-40(44-31-30-43-39)32-41(7,8)28-16-24-35(4)22-14-20-33(2)18-12-13-19-34(3)21-15-23-36(5)26-27-38-37(6)25-17-29-42(38,9)10/h11-14,16,18-22,24,28,36H,1,15,17,23,25-27,29-32H2,2-10H3. The molecular formula is C42H62O2. The summed E-state index contributed by atoms with van der Waals surface area (Å²) < 4.78 is 11.5. The first-order chi connectivity index (χ1) is 20.8. The first-order valence-electron chi connectivity index (χ1n) is 16.9. The lowest BCUT2D eigenvalue weighted by molar-refractivity contribution is 0.0583. The van der Waals surface area contributed by atoms with E-state index >= 15 is 0 Å². The fraction of sp³-hybridized carbons (Fsp3) is 0.524. The molecule has 0 spiro atoms. The van der Waals surface area contributed by atoms with Gasteiger partial charge in [0.05, 0.1) is 0 Å². The maximum atomic E-state index is 5.82. The molecule has 1 aliphatic carbocycles. The zero-order chi connectivity index (χ0) is 32.6. The average Bonchev–Trinajstić information content (AvgIpc) is 2.94. The third kappa shape index (κ3) is 14.2. The van der Waals surface area contributed by atoms with Crippen molar-refractivity contribution in [2.24, 2.45) is 16.7 Å².